The highest BCUT2D eigenvalue weighted by atomic mass is 35.5. The van der Waals surface area contributed by atoms with Gasteiger partial charge in [-0.2, -0.15) is 0 Å². The van der Waals surface area contributed by atoms with E-state index in [9.17, 15) is 0 Å². The standard InChI is InChI=1S/C41H40Cl2N8OS/c1-21(2)35-39-48-46-25(6)50(39)33-17-16-31(20-32(33)37(44-35)27-8-12-29(42)13-9-27)52-19-18-22(3)36-40-49-47-26(7)51(40)41-34(23(4)24(5)53-41)38(45-36)28-10-14-30(43)15-11-28/h8-17,20-22,35-36H,18-19H2,1-7H3. The summed E-state index contributed by atoms with van der Waals surface area (Å²) in [5.74, 6) is 4.36. The third-order valence-corrected chi connectivity index (χ3v) is 12.0. The topological polar surface area (TPSA) is 95.4 Å². The Labute approximate surface area is 323 Å². The molecule has 0 fully saturated rings. The number of nitrogens with zero attached hydrogens (tertiary/aromatic N) is 8. The normalized spacial score (nSPS) is 16.9. The van der Waals surface area contributed by atoms with Gasteiger partial charge in [0.05, 0.1) is 23.7 Å². The minimum absolute atomic E-state index is 0.0797. The summed E-state index contributed by atoms with van der Waals surface area (Å²) in [7, 11) is 0. The maximum absolute atomic E-state index is 6.56. The maximum Gasteiger partial charge on any atom is 0.163 e. The molecule has 6 aromatic rings. The SMILES string of the molecule is Cc1sc2c(c1C)C(c1ccc(Cl)cc1)=NC(C(C)CCOc1ccc3c(c1)C(c1ccc(Cl)cc1)=NC(C(C)C)c1nnc(C)n1-3)c1nnc(C)n1-2. The van der Waals surface area contributed by atoms with Gasteiger partial charge in [-0.05, 0) is 94.0 Å². The van der Waals surface area contributed by atoms with E-state index in [2.05, 4.69) is 83.3 Å². The highest BCUT2D eigenvalue weighted by Crippen LogP contribution is 2.42. The fourth-order valence-corrected chi connectivity index (χ4v) is 8.73. The summed E-state index contributed by atoms with van der Waals surface area (Å²) in [6.45, 7) is 15.3. The number of ether oxygens (including phenoxy) is 1. The van der Waals surface area contributed by atoms with Crippen LogP contribution in [0.15, 0.2) is 76.7 Å². The molecular weight excluding hydrogens is 723 g/mol. The first-order valence-electron chi connectivity index (χ1n) is 17.9. The number of hydrogen-bond donors (Lipinski definition) is 0. The molecule has 9 nitrogen and oxygen atoms in total. The Balaban J connectivity index is 1.13. The van der Waals surface area contributed by atoms with Crippen LogP contribution in [0, 0.1) is 39.5 Å². The Kier molecular flexibility index (Phi) is 9.33. The average molecular weight is 764 g/mol. The molecule has 53 heavy (non-hydrogen) atoms. The summed E-state index contributed by atoms with van der Waals surface area (Å²) in [5.41, 5.74) is 8.08. The van der Waals surface area contributed by atoms with Gasteiger partial charge in [0.25, 0.3) is 0 Å². The van der Waals surface area contributed by atoms with Crippen LogP contribution in [0.5, 0.6) is 5.75 Å². The molecule has 0 bridgehead atoms. The molecule has 0 aliphatic carbocycles. The van der Waals surface area contributed by atoms with Gasteiger partial charge in [-0.1, -0.05) is 68.2 Å². The number of benzene rings is 3. The van der Waals surface area contributed by atoms with Gasteiger partial charge in [0.2, 0.25) is 0 Å². The molecule has 8 rings (SSSR count). The first-order valence-corrected chi connectivity index (χ1v) is 19.5. The molecule has 0 radical (unpaired) electrons. The number of hydrogen-bond acceptors (Lipinski definition) is 8. The van der Waals surface area contributed by atoms with E-state index in [4.69, 9.17) is 43.0 Å². The number of aromatic nitrogens is 6. The summed E-state index contributed by atoms with van der Waals surface area (Å²) in [5, 5.41) is 20.8. The van der Waals surface area contributed by atoms with Crippen LogP contribution in [0.4, 0.5) is 0 Å². The van der Waals surface area contributed by atoms with Gasteiger partial charge in [-0.3, -0.25) is 19.1 Å². The van der Waals surface area contributed by atoms with Gasteiger partial charge < -0.3 is 4.74 Å². The molecule has 0 spiro atoms. The molecular formula is C41H40Cl2N8OS. The molecule has 270 valence electrons. The largest absolute Gasteiger partial charge is 0.494 e. The number of aliphatic imine (C=N–C) groups is 2. The summed E-state index contributed by atoms with van der Waals surface area (Å²) in [4.78, 5) is 12.1. The van der Waals surface area contributed by atoms with Crippen LogP contribution in [0.25, 0.3) is 10.7 Å². The lowest BCUT2D eigenvalue weighted by Crippen LogP contribution is -2.16. The van der Waals surface area contributed by atoms with Crippen molar-refractivity contribution in [2.45, 2.75) is 67.0 Å². The lowest BCUT2D eigenvalue weighted by molar-refractivity contribution is 0.268. The Hall–Kier alpha value is -4.64. The lowest BCUT2D eigenvalue weighted by atomic mass is 9.96. The fraction of sp³-hybridized carbons (Fsp3) is 0.317. The second-order valence-electron chi connectivity index (χ2n) is 14.2. The van der Waals surface area contributed by atoms with Crippen LogP contribution in [-0.2, 0) is 0 Å². The Morgan fingerprint density at radius 1 is 0.717 bits per heavy atom. The Bertz CT molecular complexity index is 2410. The molecule has 0 amide bonds. The number of halogens is 2. The van der Waals surface area contributed by atoms with Gasteiger partial charge in [0.1, 0.15) is 34.5 Å². The second kappa shape index (κ2) is 14.0. The van der Waals surface area contributed by atoms with Gasteiger partial charge >= 0.3 is 0 Å². The van der Waals surface area contributed by atoms with Crippen LogP contribution in [0.2, 0.25) is 10.0 Å². The summed E-state index contributed by atoms with van der Waals surface area (Å²) >= 11 is 14.4. The van der Waals surface area contributed by atoms with Crippen molar-refractivity contribution in [2.75, 3.05) is 6.61 Å². The molecule has 12 heteroatoms. The molecule has 3 aromatic carbocycles. The van der Waals surface area contributed by atoms with Crippen molar-refractivity contribution in [1.82, 2.24) is 29.5 Å². The predicted molar refractivity (Wildman–Crippen MR) is 213 cm³/mol. The maximum atomic E-state index is 6.56. The van der Waals surface area contributed by atoms with Gasteiger partial charge in [0, 0.05) is 37.2 Å². The first-order chi connectivity index (χ1) is 25.5. The van der Waals surface area contributed by atoms with E-state index in [0.717, 1.165) is 79.8 Å². The minimum Gasteiger partial charge on any atom is -0.494 e. The van der Waals surface area contributed by atoms with E-state index in [-0.39, 0.29) is 23.9 Å². The molecule has 3 atom stereocenters. The van der Waals surface area contributed by atoms with E-state index in [1.807, 2.05) is 56.3 Å². The number of thiophene rings is 1. The average Bonchev–Trinajstić information content (AvgIpc) is 3.73. The van der Waals surface area contributed by atoms with Crippen molar-refractivity contribution in [3.8, 4) is 16.4 Å². The third-order valence-electron chi connectivity index (χ3n) is 10.3. The quantitative estimate of drug-likeness (QED) is 0.154. The summed E-state index contributed by atoms with van der Waals surface area (Å²) < 4.78 is 10.9. The lowest BCUT2D eigenvalue weighted by Gasteiger charge is -2.21. The minimum atomic E-state index is -0.247. The number of fused-ring (bicyclic) bond motifs is 6. The van der Waals surface area contributed by atoms with Crippen LogP contribution >= 0.6 is 34.5 Å². The predicted octanol–water partition coefficient (Wildman–Crippen LogP) is 10.00. The van der Waals surface area contributed by atoms with E-state index in [1.54, 1.807) is 11.3 Å². The highest BCUT2D eigenvalue weighted by Gasteiger charge is 2.34. The summed E-state index contributed by atoms with van der Waals surface area (Å²) in [6, 6.07) is 21.6. The van der Waals surface area contributed by atoms with Gasteiger partial charge in [0.15, 0.2) is 11.6 Å². The van der Waals surface area contributed by atoms with Gasteiger partial charge in [-0.15, -0.1) is 31.7 Å². The third kappa shape index (κ3) is 6.30. The molecule has 0 saturated carbocycles. The molecule has 0 N–H and O–H groups in total. The van der Waals surface area contributed by atoms with E-state index < -0.39 is 0 Å². The highest BCUT2D eigenvalue weighted by molar-refractivity contribution is 7.15. The zero-order chi connectivity index (χ0) is 37.1. The number of rotatable bonds is 8. The molecule has 2 aliphatic rings. The van der Waals surface area contributed by atoms with Crippen LogP contribution < -0.4 is 4.74 Å². The summed E-state index contributed by atoms with van der Waals surface area (Å²) in [6.07, 6.45) is 0.735. The van der Waals surface area contributed by atoms with Crippen LogP contribution in [0.1, 0.15) is 95.3 Å². The van der Waals surface area contributed by atoms with Crippen molar-refractivity contribution in [3.05, 3.63) is 133 Å². The zero-order valence-electron chi connectivity index (χ0n) is 30.7. The van der Waals surface area contributed by atoms with E-state index in [1.165, 1.54) is 10.4 Å². The molecule has 2 aliphatic heterocycles. The first kappa shape index (κ1) is 35.4. The van der Waals surface area contributed by atoms with Crippen molar-refractivity contribution in [1.29, 1.82) is 0 Å². The zero-order valence-corrected chi connectivity index (χ0v) is 33.1. The fourth-order valence-electron chi connectivity index (χ4n) is 7.27. The van der Waals surface area contributed by atoms with Crippen molar-refractivity contribution in [2.24, 2.45) is 21.8 Å². The molecule has 3 aromatic heterocycles. The van der Waals surface area contributed by atoms with Crippen molar-refractivity contribution >= 4 is 46.0 Å². The van der Waals surface area contributed by atoms with Crippen LogP contribution in [0.3, 0.4) is 0 Å². The smallest absolute Gasteiger partial charge is 0.163 e. The van der Waals surface area contributed by atoms with E-state index >= 15 is 0 Å². The monoisotopic (exact) mass is 762 g/mol. The molecule has 5 heterocycles. The molecule has 0 saturated heterocycles. The van der Waals surface area contributed by atoms with Gasteiger partial charge in [-0.25, -0.2) is 0 Å². The van der Waals surface area contributed by atoms with Crippen molar-refractivity contribution in [3.63, 3.8) is 0 Å². The Morgan fingerprint density at radius 3 is 1.94 bits per heavy atom. The Morgan fingerprint density at radius 2 is 1.30 bits per heavy atom. The molecule has 3 unspecified atom stereocenters. The number of aryl methyl sites for hydroxylation is 3. The van der Waals surface area contributed by atoms with Crippen molar-refractivity contribution < 1.29 is 4.74 Å². The van der Waals surface area contributed by atoms with E-state index in [0.29, 0.717) is 16.7 Å². The second-order valence-corrected chi connectivity index (χ2v) is 16.3. The van der Waals surface area contributed by atoms with Crippen LogP contribution in [-0.4, -0.2) is 47.6 Å².